The molecule has 1 aromatic rings. The lowest BCUT2D eigenvalue weighted by Gasteiger charge is -2.18. The van der Waals surface area contributed by atoms with Crippen molar-refractivity contribution >= 4 is 11.7 Å². The van der Waals surface area contributed by atoms with Gasteiger partial charge in [0.15, 0.2) is 11.5 Å². The molecule has 0 saturated heterocycles. The molecule has 1 N–H and O–H groups in total. The summed E-state index contributed by atoms with van der Waals surface area (Å²) in [5.74, 6) is 0.539. The number of aliphatic carboxylic acids is 1. The van der Waals surface area contributed by atoms with Crippen LogP contribution in [0.25, 0.3) is 0 Å². The molecule has 136 valence electrons. The van der Waals surface area contributed by atoms with Crippen LogP contribution in [0, 0.1) is 5.92 Å². The number of carboxylic acid groups (broad SMARTS) is 1. The number of carbonyl (C=O) groups is 1. The minimum atomic E-state index is -0.776. The predicted molar refractivity (Wildman–Crippen MR) is 97.0 cm³/mol. The second-order valence-corrected chi connectivity index (χ2v) is 6.97. The summed E-state index contributed by atoms with van der Waals surface area (Å²) < 4.78 is 11.6. The van der Waals surface area contributed by atoms with Crippen LogP contribution in [-0.4, -0.2) is 36.5 Å². The molecule has 0 spiro atoms. The van der Waals surface area contributed by atoms with Crippen LogP contribution in [0.4, 0.5) is 0 Å². The van der Waals surface area contributed by atoms with Crippen molar-refractivity contribution in [2.75, 3.05) is 13.7 Å². The molecule has 3 rings (SSSR count). The highest BCUT2D eigenvalue weighted by atomic mass is 16.5. The van der Waals surface area contributed by atoms with Gasteiger partial charge in [0.25, 0.3) is 0 Å². The molecule has 0 radical (unpaired) electrons. The topological polar surface area (TPSA) is 68.1 Å². The van der Waals surface area contributed by atoms with E-state index in [1.807, 2.05) is 19.1 Å². The van der Waals surface area contributed by atoms with Crippen LogP contribution in [0.5, 0.6) is 11.5 Å². The van der Waals surface area contributed by atoms with Crippen molar-refractivity contribution in [3.63, 3.8) is 0 Å². The number of hydrogen-bond donors (Lipinski definition) is 1. The van der Waals surface area contributed by atoms with Crippen molar-refractivity contribution in [1.82, 2.24) is 0 Å². The van der Waals surface area contributed by atoms with Gasteiger partial charge in [-0.3, -0.25) is 9.79 Å². The molecule has 2 aliphatic rings. The molecule has 25 heavy (non-hydrogen) atoms. The maximum Gasteiger partial charge on any atom is 0.312 e. The first-order valence-electron chi connectivity index (χ1n) is 9.23. The van der Waals surface area contributed by atoms with E-state index in [-0.39, 0.29) is 12.0 Å². The monoisotopic (exact) mass is 345 g/mol. The molecule has 2 atom stereocenters. The van der Waals surface area contributed by atoms with Gasteiger partial charge in [-0.15, -0.1) is 0 Å². The fourth-order valence-corrected chi connectivity index (χ4v) is 3.86. The molecule has 1 fully saturated rings. The van der Waals surface area contributed by atoms with Gasteiger partial charge >= 0.3 is 5.97 Å². The molecule has 0 amide bonds. The van der Waals surface area contributed by atoms with Gasteiger partial charge in [-0.1, -0.05) is 13.0 Å². The summed E-state index contributed by atoms with van der Waals surface area (Å²) >= 11 is 0. The highest BCUT2D eigenvalue weighted by Gasteiger charge is 2.30. The van der Waals surface area contributed by atoms with Crippen molar-refractivity contribution in [3.05, 3.63) is 23.8 Å². The Bertz CT molecular complexity index is 649. The van der Waals surface area contributed by atoms with Gasteiger partial charge in [0, 0.05) is 18.2 Å². The van der Waals surface area contributed by atoms with Gasteiger partial charge in [0.05, 0.1) is 19.1 Å². The van der Waals surface area contributed by atoms with Crippen LogP contribution in [0.2, 0.25) is 0 Å². The average Bonchev–Trinajstić information content (AvgIpc) is 3.27. The van der Waals surface area contributed by atoms with E-state index in [1.165, 1.54) is 12.8 Å². The van der Waals surface area contributed by atoms with E-state index in [0.29, 0.717) is 19.4 Å². The number of nitrogens with zero attached hydrogens (tertiary/aromatic N) is 1. The Kier molecular flexibility index (Phi) is 5.61. The van der Waals surface area contributed by atoms with Crippen molar-refractivity contribution in [3.8, 4) is 11.5 Å². The number of aliphatic imine (C=N–C) groups is 1. The third kappa shape index (κ3) is 3.97. The zero-order valence-electron chi connectivity index (χ0n) is 15.0. The second-order valence-electron chi connectivity index (χ2n) is 6.97. The molecule has 1 saturated carbocycles. The van der Waals surface area contributed by atoms with Crippen molar-refractivity contribution in [1.29, 1.82) is 0 Å². The van der Waals surface area contributed by atoms with Gasteiger partial charge in [0.2, 0.25) is 0 Å². The summed E-state index contributed by atoms with van der Waals surface area (Å²) in [6.07, 6.45) is 6.21. The zero-order valence-corrected chi connectivity index (χ0v) is 15.0. The maximum absolute atomic E-state index is 11.4. The quantitative estimate of drug-likeness (QED) is 0.809. The Labute approximate surface area is 149 Å². The van der Waals surface area contributed by atoms with E-state index in [0.717, 1.165) is 35.6 Å². The molecule has 1 aliphatic carbocycles. The first-order chi connectivity index (χ1) is 12.1. The smallest absolute Gasteiger partial charge is 0.312 e. The molecule has 5 heteroatoms. The van der Waals surface area contributed by atoms with E-state index >= 15 is 0 Å². The Balaban J connectivity index is 1.73. The van der Waals surface area contributed by atoms with Crippen LogP contribution in [0.3, 0.4) is 0 Å². The minimum Gasteiger partial charge on any atom is -0.493 e. The van der Waals surface area contributed by atoms with Crippen LogP contribution in [0.1, 0.15) is 56.9 Å². The summed E-state index contributed by atoms with van der Waals surface area (Å²) in [4.78, 5) is 15.9. The van der Waals surface area contributed by atoms with E-state index in [9.17, 15) is 9.90 Å². The van der Waals surface area contributed by atoms with E-state index < -0.39 is 11.9 Å². The van der Waals surface area contributed by atoms with Crippen molar-refractivity contribution in [2.45, 2.75) is 57.5 Å². The maximum atomic E-state index is 11.4. The summed E-state index contributed by atoms with van der Waals surface area (Å²) in [5.41, 5.74) is 1.96. The zero-order chi connectivity index (χ0) is 17.8. The fraction of sp³-hybridized carbons (Fsp3) is 0.600. The lowest BCUT2D eigenvalue weighted by molar-refractivity contribution is -0.139. The van der Waals surface area contributed by atoms with Crippen LogP contribution >= 0.6 is 0 Å². The summed E-state index contributed by atoms with van der Waals surface area (Å²) in [7, 11) is 1.66. The average molecular weight is 345 g/mol. The molecular weight excluding hydrogens is 318 g/mol. The Morgan fingerprint density at radius 3 is 2.72 bits per heavy atom. The van der Waals surface area contributed by atoms with Gasteiger partial charge in [-0.2, -0.15) is 0 Å². The van der Waals surface area contributed by atoms with Crippen LogP contribution in [-0.2, 0) is 4.79 Å². The molecule has 1 heterocycles. The molecule has 5 nitrogen and oxygen atoms in total. The SMILES string of the molecule is CCC(C(=O)O)C1=NC[C@@H](c2ccc(OC)c(OC3CCCC3)c2)C1. The molecule has 1 aromatic carbocycles. The number of carboxylic acids is 1. The van der Waals surface area contributed by atoms with Crippen LogP contribution < -0.4 is 9.47 Å². The third-order valence-electron chi connectivity index (χ3n) is 5.33. The number of benzene rings is 1. The number of methoxy groups -OCH3 is 1. The van der Waals surface area contributed by atoms with Crippen LogP contribution in [0.15, 0.2) is 23.2 Å². The van der Waals surface area contributed by atoms with E-state index in [4.69, 9.17) is 9.47 Å². The first-order valence-corrected chi connectivity index (χ1v) is 9.23. The summed E-state index contributed by atoms with van der Waals surface area (Å²) in [5, 5.41) is 9.34. The number of ether oxygens (including phenoxy) is 2. The molecule has 0 bridgehead atoms. The summed E-state index contributed by atoms with van der Waals surface area (Å²) in [6.45, 7) is 2.55. The lowest BCUT2D eigenvalue weighted by Crippen LogP contribution is -2.22. The highest BCUT2D eigenvalue weighted by molar-refractivity contribution is 6.02. The Hall–Kier alpha value is -2.04. The minimum absolute atomic E-state index is 0.222. The standard InChI is InChI=1S/C20H27NO4/c1-3-16(20(22)23)17-10-14(12-21-17)13-8-9-18(24-2)19(11-13)25-15-6-4-5-7-15/h8-9,11,14-16H,3-7,10,12H2,1-2H3,(H,22,23)/t14-,16?/m0/s1. The fourth-order valence-electron chi connectivity index (χ4n) is 3.86. The Morgan fingerprint density at radius 1 is 1.32 bits per heavy atom. The van der Waals surface area contributed by atoms with Gasteiger partial charge in [-0.05, 0) is 56.2 Å². The van der Waals surface area contributed by atoms with Gasteiger partial charge in [0.1, 0.15) is 0 Å². The first kappa shape index (κ1) is 17.8. The summed E-state index contributed by atoms with van der Waals surface area (Å²) in [6, 6.07) is 6.05. The number of rotatable bonds is 7. The predicted octanol–water partition coefficient (Wildman–Crippen LogP) is 4.06. The van der Waals surface area contributed by atoms with Crippen molar-refractivity contribution < 1.29 is 19.4 Å². The van der Waals surface area contributed by atoms with Crippen molar-refractivity contribution in [2.24, 2.45) is 10.9 Å². The molecular formula is C20H27NO4. The number of hydrogen-bond acceptors (Lipinski definition) is 4. The second kappa shape index (κ2) is 7.89. The highest BCUT2D eigenvalue weighted by Crippen LogP contribution is 2.37. The molecule has 0 aromatic heterocycles. The van der Waals surface area contributed by atoms with E-state index in [1.54, 1.807) is 7.11 Å². The lowest BCUT2D eigenvalue weighted by atomic mass is 9.90. The normalized spacial score (nSPS) is 21.8. The Morgan fingerprint density at radius 2 is 2.08 bits per heavy atom. The largest absolute Gasteiger partial charge is 0.493 e. The molecule has 1 unspecified atom stereocenters. The van der Waals surface area contributed by atoms with E-state index in [2.05, 4.69) is 11.1 Å². The third-order valence-corrected chi connectivity index (χ3v) is 5.33. The van der Waals surface area contributed by atoms with Gasteiger partial charge < -0.3 is 14.6 Å². The van der Waals surface area contributed by atoms with Gasteiger partial charge in [-0.25, -0.2) is 0 Å². The molecule has 1 aliphatic heterocycles.